The monoisotopic (exact) mass is 507 g/mol. The fourth-order valence-electron chi connectivity index (χ4n) is 5.45. The summed E-state index contributed by atoms with van der Waals surface area (Å²) in [5, 5.41) is 12.3. The zero-order chi connectivity index (χ0) is 26.4. The normalized spacial score (nSPS) is 19.9. The van der Waals surface area contributed by atoms with Crippen LogP contribution in [0.25, 0.3) is 0 Å². The van der Waals surface area contributed by atoms with E-state index < -0.39 is 11.6 Å². The zero-order valence-electron chi connectivity index (χ0n) is 22.4. The van der Waals surface area contributed by atoms with Crippen molar-refractivity contribution < 1.29 is 19.4 Å². The molecule has 0 saturated carbocycles. The second-order valence-corrected chi connectivity index (χ2v) is 10.9. The van der Waals surface area contributed by atoms with Crippen LogP contribution in [0.15, 0.2) is 48.5 Å². The molecule has 1 atom stereocenters. The van der Waals surface area contributed by atoms with E-state index >= 15 is 0 Å². The Labute approximate surface area is 220 Å². The van der Waals surface area contributed by atoms with Gasteiger partial charge in [-0.05, 0) is 67.0 Å². The largest absolute Gasteiger partial charge is 0.457 e. The maximum Gasteiger partial charge on any atom is 0.246 e. The minimum atomic E-state index is -0.723. The van der Waals surface area contributed by atoms with Gasteiger partial charge in [-0.15, -0.1) is 0 Å². The third-order valence-corrected chi connectivity index (χ3v) is 7.61. The molecule has 200 valence electrons. The van der Waals surface area contributed by atoms with Gasteiger partial charge in [-0.3, -0.25) is 14.5 Å². The van der Waals surface area contributed by atoms with E-state index in [1.54, 1.807) is 0 Å². The van der Waals surface area contributed by atoms with Gasteiger partial charge in [0.2, 0.25) is 11.8 Å². The number of ether oxygens (including phenoxy) is 1. The number of amides is 2. The average Bonchev–Trinajstić information content (AvgIpc) is 2.90. The number of carbonyl (C=O) groups is 2. The number of piperazine rings is 1. The van der Waals surface area contributed by atoms with Crippen molar-refractivity contribution in [1.29, 1.82) is 0 Å². The molecular weight excluding hydrogens is 466 g/mol. The van der Waals surface area contributed by atoms with Crippen LogP contribution < -0.4 is 10.1 Å². The maximum atomic E-state index is 13.4. The Kier molecular flexibility index (Phi) is 8.87. The topological polar surface area (TPSA) is 82.1 Å². The highest BCUT2D eigenvalue weighted by molar-refractivity contribution is 6.00. The number of rotatable bonds is 10. The number of aliphatic hydroxyl groups excluding tert-OH is 1. The summed E-state index contributed by atoms with van der Waals surface area (Å²) in [7, 11) is 0. The van der Waals surface area contributed by atoms with Crippen molar-refractivity contribution in [2.75, 3.05) is 19.6 Å². The Morgan fingerprint density at radius 3 is 2.14 bits per heavy atom. The molecule has 2 aliphatic rings. The summed E-state index contributed by atoms with van der Waals surface area (Å²) in [5.74, 6) is 1.97. The van der Waals surface area contributed by atoms with E-state index in [4.69, 9.17) is 4.74 Å². The van der Waals surface area contributed by atoms with E-state index in [2.05, 4.69) is 43.1 Å². The Bertz CT molecular complexity index is 1040. The van der Waals surface area contributed by atoms with Crippen LogP contribution in [0.2, 0.25) is 0 Å². The van der Waals surface area contributed by atoms with E-state index in [1.165, 1.54) is 5.56 Å². The first kappa shape index (κ1) is 27.1. The number of hydrogen-bond donors (Lipinski definition) is 2. The fourth-order valence-corrected chi connectivity index (χ4v) is 5.45. The van der Waals surface area contributed by atoms with Crippen LogP contribution in [0, 0.1) is 5.92 Å². The van der Waals surface area contributed by atoms with Gasteiger partial charge >= 0.3 is 0 Å². The summed E-state index contributed by atoms with van der Waals surface area (Å²) in [4.78, 5) is 31.1. The number of nitrogens with zero attached hydrogens (tertiary/aromatic N) is 2. The lowest BCUT2D eigenvalue weighted by Gasteiger charge is -2.52. The minimum absolute atomic E-state index is 0.0169. The summed E-state index contributed by atoms with van der Waals surface area (Å²) in [6.07, 6.45) is 3.92. The number of carbonyl (C=O) groups excluding carboxylic acids is 2. The number of benzene rings is 2. The molecule has 2 heterocycles. The molecule has 2 N–H and O–H groups in total. The smallest absolute Gasteiger partial charge is 0.246 e. The van der Waals surface area contributed by atoms with Gasteiger partial charge in [0.25, 0.3) is 0 Å². The molecule has 0 radical (unpaired) electrons. The van der Waals surface area contributed by atoms with Crippen molar-refractivity contribution in [2.24, 2.45) is 5.92 Å². The fraction of sp³-hybridized carbons (Fsp3) is 0.533. The summed E-state index contributed by atoms with van der Waals surface area (Å²) >= 11 is 0. The van der Waals surface area contributed by atoms with Gasteiger partial charge in [0.05, 0.1) is 6.61 Å². The van der Waals surface area contributed by atoms with Crippen molar-refractivity contribution in [3.8, 4) is 11.5 Å². The molecule has 4 rings (SSSR count). The number of hydrogen-bond acceptors (Lipinski definition) is 5. The van der Waals surface area contributed by atoms with Crippen LogP contribution in [0.5, 0.6) is 11.5 Å². The van der Waals surface area contributed by atoms with Crippen LogP contribution in [0.3, 0.4) is 0 Å². The summed E-state index contributed by atoms with van der Waals surface area (Å²) in [6.45, 7) is 9.31. The molecular formula is C30H41N3O4. The first-order chi connectivity index (χ1) is 17.8. The molecule has 7 heteroatoms. The SMILES string of the molecule is CCCCN1C(=O)[C@H](CC(C)C)NC(=O)C12CCN(Cc1ccc(Oc3ccc(CO)cc3)cc1)CC2. The highest BCUT2D eigenvalue weighted by Crippen LogP contribution is 2.35. The van der Waals surface area contributed by atoms with Gasteiger partial charge in [0, 0.05) is 26.2 Å². The third-order valence-electron chi connectivity index (χ3n) is 7.61. The highest BCUT2D eigenvalue weighted by Gasteiger charge is 2.53. The summed E-state index contributed by atoms with van der Waals surface area (Å²) < 4.78 is 5.92. The lowest BCUT2D eigenvalue weighted by atomic mass is 9.80. The average molecular weight is 508 g/mol. The molecule has 0 aromatic heterocycles. The van der Waals surface area contributed by atoms with Gasteiger partial charge in [-0.2, -0.15) is 0 Å². The lowest BCUT2D eigenvalue weighted by molar-refractivity contribution is -0.161. The first-order valence-electron chi connectivity index (χ1n) is 13.7. The van der Waals surface area contributed by atoms with Crippen LogP contribution in [-0.4, -0.2) is 57.9 Å². The van der Waals surface area contributed by atoms with Crippen LogP contribution in [0.4, 0.5) is 0 Å². The Balaban J connectivity index is 1.37. The van der Waals surface area contributed by atoms with Crippen molar-refractivity contribution in [1.82, 2.24) is 15.1 Å². The molecule has 2 saturated heterocycles. The quantitative estimate of drug-likeness (QED) is 0.496. The van der Waals surface area contributed by atoms with Gasteiger partial charge in [-0.25, -0.2) is 0 Å². The van der Waals surface area contributed by atoms with E-state index in [-0.39, 0.29) is 18.4 Å². The Hall–Kier alpha value is -2.90. The standard InChI is InChI=1S/C30H41N3O4/c1-4-5-16-33-28(35)27(19-22(2)3)31-29(36)30(33)14-17-32(18-15-30)20-23-6-10-25(11-7-23)37-26-12-8-24(21-34)9-13-26/h6-13,22,27,34H,4-5,14-21H2,1-3H3,(H,31,36)/t27-/m0/s1. The second kappa shape index (κ2) is 12.1. The predicted molar refractivity (Wildman–Crippen MR) is 144 cm³/mol. The van der Waals surface area contributed by atoms with Crippen molar-refractivity contribution in [3.63, 3.8) is 0 Å². The Morgan fingerprint density at radius 2 is 1.59 bits per heavy atom. The van der Waals surface area contributed by atoms with Crippen molar-refractivity contribution in [2.45, 2.75) is 77.6 Å². The van der Waals surface area contributed by atoms with Gasteiger partial charge < -0.3 is 20.1 Å². The number of unbranched alkanes of at least 4 members (excludes halogenated alkanes) is 1. The van der Waals surface area contributed by atoms with E-state index in [9.17, 15) is 14.7 Å². The summed E-state index contributed by atoms with van der Waals surface area (Å²) in [5.41, 5.74) is 1.31. The highest BCUT2D eigenvalue weighted by atomic mass is 16.5. The van der Waals surface area contributed by atoms with Crippen molar-refractivity contribution >= 4 is 11.8 Å². The molecule has 2 fully saturated rings. The number of likely N-dealkylation sites (tertiary alicyclic amines) is 1. The van der Waals surface area contributed by atoms with E-state index in [1.807, 2.05) is 41.3 Å². The van der Waals surface area contributed by atoms with Gasteiger partial charge in [0.15, 0.2) is 0 Å². The first-order valence-corrected chi connectivity index (χ1v) is 13.7. The summed E-state index contributed by atoms with van der Waals surface area (Å²) in [6, 6.07) is 15.1. The van der Waals surface area contributed by atoms with Gasteiger partial charge in [0.1, 0.15) is 23.1 Å². The minimum Gasteiger partial charge on any atom is -0.457 e. The molecule has 1 spiro atoms. The number of nitrogens with one attached hydrogen (secondary N) is 1. The maximum absolute atomic E-state index is 13.4. The van der Waals surface area contributed by atoms with Crippen LogP contribution >= 0.6 is 0 Å². The molecule has 37 heavy (non-hydrogen) atoms. The van der Waals surface area contributed by atoms with E-state index in [0.717, 1.165) is 49.5 Å². The molecule has 0 bridgehead atoms. The number of aliphatic hydroxyl groups is 1. The van der Waals surface area contributed by atoms with Crippen molar-refractivity contribution in [3.05, 3.63) is 59.7 Å². The lowest BCUT2D eigenvalue weighted by Crippen LogP contribution is -2.73. The molecule has 0 unspecified atom stereocenters. The molecule has 2 aliphatic heterocycles. The Morgan fingerprint density at radius 1 is 1.00 bits per heavy atom. The molecule has 0 aliphatic carbocycles. The van der Waals surface area contributed by atoms with Crippen LogP contribution in [-0.2, 0) is 22.7 Å². The predicted octanol–water partition coefficient (Wildman–Crippen LogP) is 4.48. The van der Waals surface area contributed by atoms with Gasteiger partial charge in [-0.1, -0.05) is 51.5 Å². The molecule has 7 nitrogen and oxygen atoms in total. The third kappa shape index (κ3) is 6.33. The molecule has 2 aromatic rings. The molecule has 2 amide bonds. The zero-order valence-corrected chi connectivity index (χ0v) is 22.4. The molecule has 2 aromatic carbocycles. The second-order valence-electron chi connectivity index (χ2n) is 10.9. The number of piperidine rings is 1. The van der Waals surface area contributed by atoms with E-state index in [0.29, 0.717) is 31.7 Å². The van der Waals surface area contributed by atoms with Crippen LogP contribution in [0.1, 0.15) is 64.0 Å².